The molecule has 0 radical (unpaired) electrons. The summed E-state index contributed by atoms with van der Waals surface area (Å²) in [7, 11) is -3.82. The third kappa shape index (κ3) is 5.18. The van der Waals surface area contributed by atoms with Crippen molar-refractivity contribution in [2.45, 2.75) is 39.0 Å². The number of nitrogens with one attached hydrogen (secondary N) is 2. The molecular weight excluding hydrogens is 575 g/mol. The number of nitrogens with zero attached hydrogens (tertiary/aromatic N) is 4. The Morgan fingerprint density at radius 1 is 1.07 bits per heavy atom. The van der Waals surface area contributed by atoms with Crippen LogP contribution in [0.4, 0.5) is 15.9 Å². The molecule has 0 saturated carbocycles. The highest BCUT2D eigenvalue weighted by Crippen LogP contribution is 2.46. The summed E-state index contributed by atoms with van der Waals surface area (Å²) in [6.45, 7) is 6.63. The van der Waals surface area contributed by atoms with Crippen molar-refractivity contribution in [1.82, 2.24) is 24.2 Å². The summed E-state index contributed by atoms with van der Waals surface area (Å²) in [4.78, 5) is 33.0. The Morgan fingerprint density at radius 3 is 2.58 bits per heavy atom. The van der Waals surface area contributed by atoms with Crippen molar-refractivity contribution in [3.63, 3.8) is 0 Å². The van der Waals surface area contributed by atoms with Gasteiger partial charge in [-0.3, -0.25) is 9.59 Å². The van der Waals surface area contributed by atoms with Crippen molar-refractivity contribution < 1.29 is 27.1 Å². The molecule has 0 bridgehead atoms. The van der Waals surface area contributed by atoms with E-state index < -0.39 is 15.9 Å². The van der Waals surface area contributed by atoms with Gasteiger partial charge in [-0.15, -0.1) is 0 Å². The van der Waals surface area contributed by atoms with Crippen LogP contribution in [-0.4, -0.2) is 65.2 Å². The van der Waals surface area contributed by atoms with Gasteiger partial charge in [0.05, 0.1) is 18.6 Å². The van der Waals surface area contributed by atoms with E-state index in [0.29, 0.717) is 44.1 Å². The van der Waals surface area contributed by atoms with E-state index in [1.165, 1.54) is 36.0 Å². The summed E-state index contributed by atoms with van der Waals surface area (Å²) < 4.78 is 47.0. The third-order valence-electron chi connectivity index (χ3n) is 8.30. The zero-order chi connectivity index (χ0) is 30.5. The van der Waals surface area contributed by atoms with Crippen LogP contribution in [0.3, 0.4) is 0 Å². The molecule has 13 heteroatoms. The van der Waals surface area contributed by atoms with E-state index in [9.17, 15) is 22.4 Å². The van der Waals surface area contributed by atoms with Crippen molar-refractivity contribution in [3.05, 3.63) is 82.4 Å². The van der Waals surface area contributed by atoms with Gasteiger partial charge in [-0.1, -0.05) is 18.2 Å². The van der Waals surface area contributed by atoms with Crippen LogP contribution >= 0.6 is 0 Å². The number of fused-ring (bicyclic) bond motifs is 3. The number of hydrogen-bond acceptors (Lipinski definition) is 8. The Bertz CT molecular complexity index is 1880. The van der Waals surface area contributed by atoms with E-state index in [0.717, 1.165) is 22.4 Å². The fourth-order valence-corrected chi connectivity index (χ4v) is 6.24. The molecule has 2 aliphatic rings. The van der Waals surface area contributed by atoms with Gasteiger partial charge < -0.3 is 15.0 Å². The zero-order valence-corrected chi connectivity index (χ0v) is 24.8. The maximum Gasteiger partial charge on any atom is 0.270 e. The van der Waals surface area contributed by atoms with Gasteiger partial charge in [-0.2, -0.15) is 9.61 Å². The average Bonchev–Trinajstić information content (AvgIpc) is 3.57. The number of halogens is 1. The summed E-state index contributed by atoms with van der Waals surface area (Å²) in [6, 6.07) is 10.5. The van der Waals surface area contributed by atoms with Gasteiger partial charge in [0.1, 0.15) is 28.5 Å². The molecule has 2 aromatic carbocycles. The summed E-state index contributed by atoms with van der Waals surface area (Å²) >= 11 is 0. The van der Waals surface area contributed by atoms with Crippen LogP contribution in [0.15, 0.2) is 48.8 Å². The first-order chi connectivity index (χ1) is 20.5. The summed E-state index contributed by atoms with van der Waals surface area (Å²) in [5.41, 5.74) is 3.63. The minimum atomic E-state index is -3.82. The van der Waals surface area contributed by atoms with Crippen LogP contribution in [0, 0.1) is 19.7 Å². The third-order valence-corrected chi connectivity index (χ3v) is 9.56. The molecule has 2 amide bonds. The molecule has 1 fully saturated rings. The van der Waals surface area contributed by atoms with Crippen LogP contribution in [0.1, 0.15) is 57.2 Å². The van der Waals surface area contributed by atoms with Gasteiger partial charge in [0.25, 0.3) is 11.8 Å². The molecule has 11 nitrogen and oxygen atoms in total. The lowest BCUT2D eigenvalue weighted by molar-refractivity contribution is 0.0646. The van der Waals surface area contributed by atoms with Crippen LogP contribution in [0.25, 0.3) is 5.65 Å². The van der Waals surface area contributed by atoms with Crippen LogP contribution in [-0.2, 0) is 15.4 Å². The fourth-order valence-electron chi connectivity index (χ4n) is 5.70. The highest BCUT2D eigenvalue weighted by atomic mass is 32.2. The highest BCUT2D eigenvalue weighted by molar-refractivity contribution is 7.90. The van der Waals surface area contributed by atoms with Gasteiger partial charge in [0.2, 0.25) is 10.0 Å². The number of aryl methyl sites for hydroxylation is 2. The first-order valence-electron chi connectivity index (χ1n) is 14.0. The molecular formula is C30H31FN6O5S. The number of sulfonamides is 1. The number of aromatic nitrogens is 3. The number of benzene rings is 2. The van der Waals surface area contributed by atoms with Crippen molar-refractivity contribution >= 4 is 39.0 Å². The molecule has 6 rings (SSSR count). The molecule has 224 valence electrons. The average molecular weight is 607 g/mol. The molecule has 4 aromatic rings. The topological polar surface area (TPSA) is 135 Å². The van der Waals surface area contributed by atoms with Crippen LogP contribution in [0.5, 0.6) is 5.75 Å². The van der Waals surface area contributed by atoms with Gasteiger partial charge in [0.15, 0.2) is 5.65 Å². The van der Waals surface area contributed by atoms with Crippen LogP contribution in [0.2, 0.25) is 0 Å². The Balaban J connectivity index is 1.35. The predicted octanol–water partition coefficient (Wildman–Crippen LogP) is 3.87. The zero-order valence-electron chi connectivity index (χ0n) is 24.0. The maximum atomic E-state index is 14.0. The molecule has 2 aromatic heterocycles. The quantitative estimate of drug-likeness (QED) is 0.338. The van der Waals surface area contributed by atoms with E-state index in [-0.39, 0.29) is 39.7 Å². The number of carbonyl (C=O) groups is 2. The first-order valence-corrected chi connectivity index (χ1v) is 15.6. The number of amides is 2. The molecule has 1 saturated heterocycles. The SMILES string of the molecule is CCS(=O)(=O)NC(=O)c1cnn2c(Nc3cc(C)ccc3C)c(C(=O)N3CCC4(CC3)COc3cc(F)ccc34)cnc12. The maximum absolute atomic E-state index is 14.0. The van der Waals surface area contributed by atoms with E-state index in [1.54, 1.807) is 11.0 Å². The lowest BCUT2D eigenvalue weighted by Crippen LogP contribution is -2.46. The number of hydrogen-bond donors (Lipinski definition) is 2. The van der Waals surface area contributed by atoms with E-state index in [4.69, 9.17) is 4.74 Å². The van der Waals surface area contributed by atoms with Gasteiger partial charge >= 0.3 is 0 Å². The fraction of sp³-hybridized carbons (Fsp3) is 0.333. The number of carbonyl (C=O) groups excluding carboxylic acids is 2. The lowest BCUT2D eigenvalue weighted by atomic mass is 9.74. The number of anilines is 2. The molecule has 0 atom stereocenters. The second-order valence-corrected chi connectivity index (χ2v) is 13.1. The Morgan fingerprint density at radius 2 is 1.84 bits per heavy atom. The van der Waals surface area contributed by atoms with Crippen molar-refractivity contribution in [3.8, 4) is 5.75 Å². The molecule has 0 aliphatic carbocycles. The number of likely N-dealkylation sites (tertiary alicyclic amines) is 1. The van der Waals surface area contributed by atoms with Crippen LogP contribution < -0.4 is 14.8 Å². The smallest absolute Gasteiger partial charge is 0.270 e. The Kier molecular flexibility index (Phi) is 7.07. The van der Waals surface area contributed by atoms with Gasteiger partial charge in [0, 0.05) is 42.0 Å². The Labute approximate surface area is 248 Å². The monoisotopic (exact) mass is 606 g/mol. The molecule has 2 aliphatic heterocycles. The van der Waals surface area contributed by atoms with Crippen molar-refractivity contribution in [2.75, 3.05) is 30.8 Å². The molecule has 4 heterocycles. The predicted molar refractivity (Wildman–Crippen MR) is 158 cm³/mol. The standard InChI is InChI=1S/C30H31FN6O5S/c1-4-43(40,41)35-28(38)21-16-33-37-26(21)32-15-22(27(37)34-24-13-18(2)5-6-19(24)3)29(39)36-11-9-30(10-12-36)17-42-25-14-20(31)7-8-23(25)30/h5-8,13-16,34H,4,9-12,17H2,1-3H3,(H,35,38). The lowest BCUT2D eigenvalue weighted by Gasteiger charge is -2.38. The van der Waals surface area contributed by atoms with Crippen molar-refractivity contribution in [2.24, 2.45) is 0 Å². The summed E-state index contributed by atoms with van der Waals surface area (Å²) in [5.74, 6) is -0.894. The normalized spacial score (nSPS) is 15.8. The van der Waals surface area contributed by atoms with Gasteiger partial charge in [-0.05, 0) is 56.9 Å². The molecule has 43 heavy (non-hydrogen) atoms. The summed E-state index contributed by atoms with van der Waals surface area (Å²) in [6.07, 6.45) is 3.91. The van der Waals surface area contributed by atoms with E-state index in [2.05, 4.69) is 15.4 Å². The number of rotatable bonds is 6. The minimum Gasteiger partial charge on any atom is -0.492 e. The minimum absolute atomic E-state index is 0.0451. The second-order valence-electron chi connectivity index (χ2n) is 11.1. The molecule has 0 unspecified atom stereocenters. The largest absolute Gasteiger partial charge is 0.492 e. The highest BCUT2D eigenvalue weighted by Gasteiger charge is 2.44. The number of ether oxygens (including phenoxy) is 1. The molecule has 2 N–H and O–H groups in total. The van der Waals surface area contributed by atoms with Gasteiger partial charge in [-0.25, -0.2) is 22.5 Å². The van der Waals surface area contributed by atoms with E-state index in [1.807, 2.05) is 36.8 Å². The first kappa shape index (κ1) is 28.6. The van der Waals surface area contributed by atoms with Crippen molar-refractivity contribution in [1.29, 1.82) is 0 Å². The Hall–Kier alpha value is -4.52. The van der Waals surface area contributed by atoms with E-state index >= 15 is 0 Å². The molecule has 1 spiro atoms. The number of piperidine rings is 1. The second kappa shape index (κ2) is 10.6. The summed E-state index contributed by atoms with van der Waals surface area (Å²) in [5, 5.41) is 7.67.